The van der Waals surface area contributed by atoms with Crippen molar-refractivity contribution in [3.05, 3.63) is 34.9 Å². The van der Waals surface area contributed by atoms with Gasteiger partial charge in [0.25, 0.3) is 11.8 Å². The van der Waals surface area contributed by atoms with E-state index < -0.39 is 29.7 Å². The second kappa shape index (κ2) is 7.79. The van der Waals surface area contributed by atoms with Gasteiger partial charge in [-0.15, -0.1) is 0 Å². The predicted molar refractivity (Wildman–Crippen MR) is 106 cm³/mol. The van der Waals surface area contributed by atoms with Gasteiger partial charge >= 0.3 is 0 Å². The number of carbonyl (C=O) groups is 4. The summed E-state index contributed by atoms with van der Waals surface area (Å²) in [7, 11) is 0. The first-order chi connectivity index (χ1) is 15.0. The van der Waals surface area contributed by atoms with Gasteiger partial charge in [0, 0.05) is 32.6 Å². The van der Waals surface area contributed by atoms with Gasteiger partial charge in [-0.2, -0.15) is 0 Å². The van der Waals surface area contributed by atoms with Crippen LogP contribution in [0.5, 0.6) is 0 Å². The third kappa shape index (κ3) is 3.65. The highest BCUT2D eigenvalue weighted by molar-refractivity contribution is 6.23. The zero-order valence-electron chi connectivity index (χ0n) is 16.9. The molecule has 0 bridgehead atoms. The van der Waals surface area contributed by atoms with E-state index in [1.807, 2.05) is 0 Å². The van der Waals surface area contributed by atoms with Crippen LogP contribution in [0.2, 0.25) is 0 Å². The molecule has 0 aromatic heterocycles. The lowest BCUT2D eigenvalue weighted by Crippen LogP contribution is -2.67. The third-order valence-electron chi connectivity index (χ3n) is 6.19. The normalized spacial score (nSPS) is 27.3. The maximum absolute atomic E-state index is 12.9. The molecule has 4 heterocycles. The van der Waals surface area contributed by atoms with E-state index in [0.29, 0.717) is 26.3 Å². The Balaban J connectivity index is 1.22. The molecular formula is C21H24N4O6. The van der Waals surface area contributed by atoms with Gasteiger partial charge in [-0.05, 0) is 24.1 Å². The van der Waals surface area contributed by atoms with E-state index >= 15 is 0 Å². The molecule has 0 saturated carbocycles. The molecule has 4 aliphatic rings. The fourth-order valence-electron chi connectivity index (χ4n) is 4.49. The molecule has 5 rings (SSSR count). The smallest absolute Gasteiger partial charge is 0.262 e. The Morgan fingerprint density at radius 3 is 2.68 bits per heavy atom. The van der Waals surface area contributed by atoms with Crippen LogP contribution in [0.1, 0.15) is 39.1 Å². The first kappa shape index (κ1) is 20.3. The number of hydrogen-bond acceptors (Lipinski definition) is 8. The molecule has 4 aliphatic heterocycles. The summed E-state index contributed by atoms with van der Waals surface area (Å²) in [6, 6.07) is 4.14. The first-order valence-electron chi connectivity index (χ1n) is 10.5. The van der Waals surface area contributed by atoms with Crippen LogP contribution in [0.3, 0.4) is 0 Å². The van der Waals surface area contributed by atoms with E-state index in [9.17, 15) is 19.2 Å². The van der Waals surface area contributed by atoms with Crippen molar-refractivity contribution < 1.29 is 28.7 Å². The molecule has 2 atom stereocenters. The summed E-state index contributed by atoms with van der Waals surface area (Å²) < 4.78 is 11.8. The number of ether oxygens (including phenoxy) is 2. The molecule has 1 aromatic rings. The van der Waals surface area contributed by atoms with Crippen LogP contribution in [0.25, 0.3) is 0 Å². The molecular weight excluding hydrogens is 404 g/mol. The van der Waals surface area contributed by atoms with Crippen molar-refractivity contribution in [3.63, 3.8) is 0 Å². The van der Waals surface area contributed by atoms with Gasteiger partial charge in [0.15, 0.2) is 0 Å². The molecule has 164 valence electrons. The van der Waals surface area contributed by atoms with E-state index in [1.165, 1.54) is 0 Å². The summed E-state index contributed by atoms with van der Waals surface area (Å²) in [5, 5.41) is 8.73. The van der Waals surface area contributed by atoms with E-state index in [2.05, 4.69) is 16.0 Å². The molecule has 10 nitrogen and oxygen atoms in total. The number of rotatable bonds is 5. The summed E-state index contributed by atoms with van der Waals surface area (Å²) in [6.45, 7) is 3.85. The largest absolute Gasteiger partial charge is 0.376 e. The van der Waals surface area contributed by atoms with Crippen LogP contribution in [-0.4, -0.2) is 79.1 Å². The maximum Gasteiger partial charge on any atom is 0.262 e. The Labute approximate surface area is 178 Å². The van der Waals surface area contributed by atoms with E-state index in [1.54, 1.807) is 18.2 Å². The molecule has 3 N–H and O–H groups in total. The number of carbonyl (C=O) groups excluding carboxylic acids is 4. The van der Waals surface area contributed by atoms with Crippen LogP contribution >= 0.6 is 0 Å². The minimum atomic E-state index is -0.955. The minimum absolute atomic E-state index is 0.0449. The molecule has 0 radical (unpaired) electrons. The van der Waals surface area contributed by atoms with Crippen molar-refractivity contribution >= 4 is 23.6 Å². The number of nitrogens with zero attached hydrogens (tertiary/aromatic N) is 1. The Bertz CT molecular complexity index is 959. The molecule has 31 heavy (non-hydrogen) atoms. The SMILES string of the molecule is O=C1CCC(N2C(=O)c3ccc(CNCC4COCC5(CNC5)O4)cc3C2=O)C(=O)N1. The third-order valence-corrected chi connectivity index (χ3v) is 6.19. The summed E-state index contributed by atoms with van der Waals surface area (Å²) in [5.74, 6) is -2.00. The fraction of sp³-hybridized carbons (Fsp3) is 0.524. The predicted octanol–water partition coefficient (Wildman–Crippen LogP) is -1.07. The number of imide groups is 2. The number of fused-ring (bicyclic) bond motifs is 1. The van der Waals surface area contributed by atoms with Gasteiger partial charge in [0.2, 0.25) is 11.8 Å². The number of amides is 4. The van der Waals surface area contributed by atoms with Crippen LogP contribution in [-0.2, 0) is 25.6 Å². The van der Waals surface area contributed by atoms with Crippen molar-refractivity contribution in [1.29, 1.82) is 0 Å². The Hall–Kier alpha value is -2.66. The first-order valence-corrected chi connectivity index (χ1v) is 10.5. The van der Waals surface area contributed by atoms with Crippen molar-refractivity contribution in [2.24, 2.45) is 0 Å². The summed E-state index contributed by atoms with van der Waals surface area (Å²) in [4.78, 5) is 50.2. The van der Waals surface area contributed by atoms with Crippen molar-refractivity contribution in [1.82, 2.24) is 20.9 Å². The van der Waals surface area contributed by atoms with E-state index in [0.717, 1.165) is 23.6 Å². The maximum atomic E-state index is 12.9. The lowest BCUT2D eigenvalue weighted by molar-refractivity contribution is -0.214. The number of nitrogens with one attached hydrogen (secondary N) is 3. The van der Waals surface area contributed by atoms with Crippen LogP contribution < -0.4 is 16.0 Å². The molecule has 1 spiro atoms. The number of hydrogen-bond donors (Lipinski definition) is 3. The summed E-state index contributed by atoms with van der Waals surface area (Å²) in [5.41, 5.74) is 1.21. The highest BCUT2D eigenvalue weighted by atomic mass is 16.6. The lowest BCUT2D eigenvalue weighted by atomic mass is 9.96. The standard InChI is InChI=1S/C21H24N4O6/c26-17-4-3-16(18(27)24-17)25-19(28)14-2-1-12(5-15(14)20(25)29)6-22-7-13-8-30-11-21(31-13)9-23-10-21/h1-2,5,13,16,22-23H,3-4,6-11H2,(H,24,26,27). The monoisotopic (exact) mass is 428 g/mol. The molecule has 3 saturated heterocycles. The van der Waals surface area contributed by atoms with Gasteiger partial charge in [-0.1, -0.05) is 6.07 Å². The zero-order chi connectivity index (χ0) is 21.6. The van der Waals surface area contributed by atoms with Crippen LogP contribution in [0.15, 0.2) is 18.2 Å². The number of piperidine rings is 1. The lowest BCUT2D eigenvalue weighted by Gasteiger charge is -2.47. The molecule has 4 amide bonds. The average Bonchev–Trinajstić information content (AvgIpc) is 2.97. The molecule has 1 aromatic carbocycles. The van der Waals surface area contributed by atoms with Crippen LogP contribution in [0.4, 0.5) is 0 Å². The van der Waals surface area contributed by atoms with Gasteiger partial charge in [0.05, 0.1) is 30.4 Å². The molecule has 2 unspecified atom stereocenters. The van der Waals surface area contributed by atoms with Gasteiger partial charge in [0.1, 0.15) is 11.6 Å². The molecule has 3 fully saturated rings. The van der Waals surface area contributed by atoms with E-state index in [4.69, 9.17) is 9.47 Å². The topological polar surface area (TPSA) is 126 Å². The quantitative estimate of drug-likeness (QED) is 0.507. The Morgan fingerprint density at radius 2 is 1.94 bits per heavy atom. The van der Waals surface area contributed by atoms with Gasteiger partial charge in [-0.25, -0.2) is 0 Å². The van der Waals surface area contributed by atoms with Gasteiger partial charge < -0.3 is 20.1 Å². The van der Waals surface area contributed by atoms with Crippen molar-refractivity contribution in [3.8, 4) is 0 Å². The number of benzene rings is 1. The minimum Gasteiger partial charge on any atom is -0.376 e. The van der Waals surface area contributed by atoms with Crippen molar-refractivity contribution in [2.45, 2.75) is 37.1 Å². The van der Waals surface area contributed by atoms with Crippen molar-refractivity contribution in [2.75, 3.05) is 32.8 Å². The van der Waals surface area contributed by atoms with E-state index in [-0.39, 0.29) is 35.7 Å². The Kier molecular flexibility index (Phi) is 5.09. The highest BCUT2D eigenvalue weighted by Gasteiger charge is 2.45. The summed E-state index contributed by atoms with van der Waals surface area (Å²) >= 11 is 0. The second-order valence-electron chi connectivity index (χ2n) is 8.50. The molecule has 10 heteroatoms. The summed E-state index contributed by atoms with van der Waals surface area (Å²) in [6.07, 6.45) is 0.199. The molecule has 0 aliphatic carbocycles. The Morgan fingerprint density at radius 1 is 1.13 bits per heavy atom. The highest BCUT2D eigenvalue weighted by Crippen LogP contribution is 2.28. The van der Waals surface area contributed by atoms with Crippen LogP contribution in [0, 0.1) is 0 Å². The second-order valence-corrected chi connectivity index (χ2v) is 8.50. The van der Waals surface area contributed by atoms with Gasteiger partial charge in [-0.3, -0.25) is 29.4 Å². The fourth-order valence-corrected chi connectivity index (χ4v) is 4.49. The average molecular weight is 428 g/mol. The zero-order valence-corrected chi connectivity index (χ0v) is 16.9.